The molecule has 7 unspecified atom stereocenters. The zero-order chi connectivity index (χ0) is 53.2. The van der Waals surface area contributed by atoms with Gasteiger partial charge in [-0.05, 0) is 82.8 Å². The van der Waals surface area contributed by atoms with Crippen molar-refractivity contribution in [3.8, 4) is 29.1 Å². The highest BCUT2D eigenvalue weighted by Gasteiger charge is 2.76. The van der Waals surface area contributed by atoms with Crippen LogP contribution in [0.15, 0.2) is 152 Å². The van der Waals surface area contributed by atoms with Crippen LogP contribution in [0.5, 0.6) is 17.2 Å². The van der Waals surface area contributed by atoms with Crippen molar-refractivity contribution in [2.75, 3.05) is 57.6 Å². The Morgan fingerprint density at radius 3 is 2.18 bits per heavy atom. The fraction of sp³-hybridized carbons (Fsp3) is 0.283. The lowest BCUT2D eigenvalue weighted by atomic mass is 9.64. The largest absolute Gasteiger partial charge is 0.491 e. The van der Waals surface area contributed by atoms with Gasteiger partial charge in [-0.3, -0.25) is 24.2 Å². The second-order valence-corrected chi connectivity index (χ2v) is 19.7. The van der Waals surface area contributed by atoms with Gasteiger partial charge in [0, 0.05) is 38.3 Å². The Kier molecular flexibility index (Phi) is 14.1. The molecule has 11 rings (SSSR count). The molecular weight excluding hydrogens is 979 g/mol. The van der Waals surface area contributed by atoms with Gasteiger partial charge in [0.05, 0.1) is 42.9 Å². The molecule has 392 valence electrons. The number of nitrogens with two attached hydrogens (primary N) is 1. The minimum absolute atomic E-state index is 0.0260. The highest BCUT2D eigenvalue weighted by Crippen LogP contribution is 2.66. The van der Waals surface area contributed by atoms with E-state index in [1.165, 1.54) is 0 Å². The summed E-state index contributed by atoms with van der Waals surface area (Å²) >= 11 is 0. The van der Waals surface area contributed by atoms with Crippen LogP contribution in [0.4, 0.5) is 15.3 Å². The molecule has 0 bridgehead atoms. The van der Waals surface area contributed by atoms with E-state index in [9.17, 15) is 9.90 Å². The number of piperazine rings is 1. The molecule has 17 heteroatoms. The van der Waals surface area contributed by atoms with Gasteiger partial charge in [0.2, 0.25) is 18.6 Å². The number of hydrogen-bond donors (Lipinski definition) is 4. The molecule has 5 heterocycles. The molecule has 6 aromatic carbocycles. The SMILES string of the molecule is CC(NC(=O)N1C(=O)C2(c3cc(C#CCNC(N)=O)ccc31)C(C(=O)N1CCN(Cc3ccc4c(c3)OCO4)CC1)C1C(=O)OC(c3ccccc3)C(c3ccccc3)N1C2c1ccc(OCCO)cc1)c1ccccc1. The molecule has 0 aromatic heterocycles. The van der Waals surface area contributed by atoms with Gasteiger partial charge < -0.3 is 45.3 Å². The van der Waals surface area contributed by atoms with E-state index in [2.05, 4.69) is 27.4 Å². The number of cyclic esters (lactones) is 1. The van der Waals surface area contributed by atoms with E-state index in [1.54, 1.807) is 35.2 Å². The van der Waals surface area contributed by atoms with Crippen LogP contribution in [0.3, 0.4) is 0 Å². The minimum Gasteiger partial charge on any atom is -0.491 e. The van der Waals surface area contributed by atoms with Crippen LogP contribution in [0.25, 0.3) is 0 Å². The number of esters is 1. The number of imide groups is 1. The van der Waals surface area contributed by atoms with Gasteiger partial charge in [0.15, 0.2) is 11.5 Å². The first-order chi connectivity index (χ1) is 37.5. The monoisotopic (exact) mass is 1040 g/mol. The number of amides is 6. The van der Waals surface area contributed by atoms with E-state index < -0.39 is 71.5 Å². The summed E-state index contributed by atoms with van der Waals surface area (Å²) in [6, 6.07) is 40.9. The number of benzene rings is 6. The van der Waals surface area contributed by atoms with Gasteiger partial charge in [0.25, 0.3) is 0 Å². The number of nitrogens with zero attached hydrogens (tertiary/aromatic N) is 4. The van der Waals surface area contributed by atoms with Crippen molar-refractivity contribution in [2.24, 2.45) is 11.7 Å². The molecule has 6 amide bonds. The molecule has 3 fully saturated rings. The second-order valence-electron chi connectivity index (χ2n) is 19.7. The van der Waals surface area contributed by atoms with Crippen molar-refractivity contribution in [1.29, 1.82) is 0 Å². The van der Waals surface area contributed by atoms with Crippen molar-refractivity contribution >= 4 is 35.5 Å². The fourth-order valence-corrected chi connectivity index (χ4v) is 11.8. The Hall–Kier alpha value is -8.69. The lowest BCUT2D eigenvalue weighted by Crippen LogP contribution is -2.59. The van der Waals surface area contributed by atoms with Crippen molar-refractivity contribution in [3.63, 3.8) is 0 Å². The Balaban J connectivity index is 1.11. The predicted molar refractivity (Wildman–Crippen MR) is 283 cm³/mol. The topological polar surface area (TPSA) is 206 Å². The van der Waals surface area contributed by atoms with Crippen LogP contribution in [0.2, 0.25) is 0 Å². The van der Waals surface area contributed by atoms with E-state index >= 15 is 19.2 Å². The number of anilines is 1. The molecule has 5 aliphatic heterocycles. The second kappa shape index (κ2) is 21.5. The van der Waals surface area contributed by atoms with Crippen LogP contribution in [-0.2, 0) is 31.1 Å². The summed E-state index contributed by atoms with van der Waals surface area (Å²) < 4.78 is 23.8. The van der Waals surface area contributed by atoms with E-state index in [1.807, 2.05) is 133 Å². The number of morpholine rings is 1. The van der Waals surface area contributed by atoms with Crippen molar-refractivity contribution in [2.45, 2.75) is 49.2 Å². The Labute approximate surface area is 445 Å². The molecule has 0 radical (unpaired) electrons. The first-order valence-corrected chi connectivity index (χ1v) is 25.7. The number of nitrogens with one attached hydrogen (secondary N) is 2. The van der Waals surface area contributed by atoms with Gasteiger partial charge in [-0.25, -0.2) is 14.5 Å². The standard InChI is InChI=1S/C60H57N7O10/c1-38(41-13-5-2-6-14-41)63-59(73)66-47-25-19-39(12-11-27-62-58(61)72)34-46(47)60(57(66)71)50(55(69)65-30-28-64(29-31-65)36-40-20-26-48-49(35-40)76-37-75-48)52-56(70)77-53(43-17-9-4-10-18-43)51(42-15-7-3-8-16-42)67(52)54(60)44-21-23-45(24-22-44)74-33-32-68/h2-10,13-26,34-35,38,50-54,68H,27-33,36-37H2,1H3,(H,63,73)(H3,61,62,72). The highest BCUT2D eigenvalue weighted by atomic mass is 16.7. The van der Waals surface area contributed by atoms with Crippen LogP contribution in [-0.4, -0.2) is 108 Å². The Morgan fingerprint density at radius 1 is 0.792 bits per heavy atom. The maximum Gasteiger partial charge on any atom is 0.329 e. The van der Waals surface area contributed by atoms with Crippen molar-refractivity contribution in [3.05, 3.63) is 191 Å². The quantitative estimate of drug-likeness (QED) is 0.0789. The predicted octanol–water partition coefficient (Wildman–Crippen LogP) is 6.29. The third-order valence-corrected chi connectivity index (χ3v) is 15.2. The summed E-state index contributed by atoms with van der Waals surface area (Å²) in [7, 11) is 0. The molecule has 6 aromatic rings. The summed E-state index contributed by atoms with van der Waals surface area (Å²) in [5.41, 5.74) is 8.06. The number of ether oxygens (including phenoxy) is 4. The van der Waals surface area contributed by atoms with E-state index in [0.29, 0.717) is 59.1 Å². The fourth-order valence-electron chi connectivity index (χ4n) is 11.8. The van der Waals surface area contributed by atoms with Crippen LogP contribution in [0.1, 0.15) is 70.1 Å². The third-order valence-electron chi connectivity index (χ3n) is 15.2. The molecule has 0 aliphatic carbocycles. The van der Waals surface area contributed by atoms with Crippen LogP contribution in [0, 0.1) is 17.8 Å². The maximum atomic E-state index is 16.9. The molecule has 17 nitrogen and oxygen atoms in total. The number of carbonyl (C=O) groups excluding carboxylic acids is 5. The normalized spacial score (nSPS) is 22.8. The molecule has 1 spiro atoms. The average Bonchev–Trinajstić information content (AvgIpc) is 4.24. The van der Waals surface area contributed by atoms with E-state index in [4.69, 9.17) is 24.7 Å². The average molecular weight is 1040 g/mol. The molecule has 77 heavy (non-hydrogen) atoms. The first kappa shape index (κ1) is 50.5. The number of aliphatic hydroxyl groups is 1. The minimum atomic E-state index is -2.04. The van der Waals surface area contributed by atoms with Crippen molar-refractivity contribution in [1.82, 2.24) is 25.3 Å². The number of primary amides is 1. The summed E-state index contributed by atoms with van der Waals surface area (Å²) in [6.45, 7) is 3.72. The lowest BCUT2D eigenvalue weighted by Gasteiger charge is -2.46. The van der Waals surface area contributed by atoms with Gasteiger partial charge in [-0.1, -0.05) is 121 Å². The number of hydrogen-bond acceptors (Lipinski definition) is 12. The number of carbonyl (C=O) groups is 5. The molecule has 5 aliphatic rings. The smallest absolute Gasteiger partial charge is 0.329 e. The van der Waals surface area contributed by atoms with Crippen LogP contribution >= 0.6 is 0 Å². The Morgan fingerprint density at radius 2 is 1.48 bits per heavy atom. The first-order valence-electron chi connectivity index (χ1n) is 25.7. The van der Waals surface area contributed by atoms with E-state index in [0.717, 1.165) is 21.6 Å². The van der Waals surface area contributed by atoms with Gasteiger partial charge >= 0.3 is 18.0 Å². The summed E-state index contributed by atoms with van der Waals surface area (Å²) in [6.07, 6.45) is -0.931. The Bertz CT molecular complexity index is 3260. The number of rotatable bonds is 12. The molecule has 7 atom stereocenters. The summed E-state index contributed by atoms with van der Waals surface area (Å²) in [4.78, 5) is 83.2. The van der Waals surface area contributed by atoms with Crippen LogP contribution < -0.4 is 35.5 Å². The lowest BCUT2D eigenvalue weighted by molar-refractivity contribution is -0.179. The maximum absolute atomic E-state index is 16.9. The van der Waals surface area contributed by atoms with Gasteiger partial charge in [0.1, 0.15) is 29.9 Å². The molecule has 3 saturated heterocycles. The third kappa shape index (κ3) is 9.45. The number of urea groups is 2. The zero-order valence-electron chi connectivity index (χ0n) is 42.2. The molecule has 0 saturated carbocycles. The van der Waals surface area contributed by atoms with Gasteiger partial charge in [-0.2, -0.15) is 0 Å². The number of aliphatic hydroxyl groups excluding tert-OH is 1. The molecular formula is C60H57N7O10. The molecule has 5 N–H and O–H groups in total. The van der Waals surface area contributed by atoms with E-state index in [-0.39, 0.29) is 45.3 Å². The van der Waals surface area contributed by atoms with Gasteiger partial charge in [-0.15, -0.1) is 0 Å². The highest BCUT2D eigenvalue weighted by molar-refractivity contribution is 6.24. The number of fused-ring (bicyclic) bond motifs is 4. The summed E-state index contributed by atoms with van der Waals surface area (Å²) in [5, 5.41) is 15.3. The zero-order valence-corrected chi connectivity index (χ0v) is 42.2. The van der Waals surface area contributed by atoms with Crippen molar-refractivity contribution < 1.29 is 48.0 Å². The summed E-state index contributed by atoms with van der Waals surface area (Å²) in [5.74, 6) is 4.45.